The van der Waals surface area contributed by atoms with Crippen molar-refractivity contribution in [2.45, 2.75) is 13.8 Å². The van der Waals surface area contributed by atoms with Crippen LogP contribution in [0.4, 0.5) is 22.7 Å². The van der Waals surface area contributed by atoms with Gasteiger partial charge in [-0.1, -0.05) is 72.8 Å². The number of para-hydroxylation sites is 2. The minimum absolute atomic E-state index is 0. The fraction of sp³-hybridized carbons (Fsp3) is 0.0588. The van der Waals surface area contributed by atoms with E-state index in [2.05, 4.69) is 30.7 Å². The van der Waals surface area contributed by atoms with E-state index in [1.54, 1.807) is 74.5 Å². The number of nitrogens with one attached hydrogen (secondary N) is 1. The first-order valence-electron chi connectivity index (χ1n) is 14.3. The van der Waals surface area contributed by atoms with Crippen LogP contribution in [0.15, 0.2) is 134 Å². The molecule has 0 amide bonds. The maximum Gasteiger partial charge on any atom is 3.00 e. The second-order valence-corrected chi connectivity index (χ2v) is 10.1. The Hall–Kier alpha value is -6.43. The van der Waals surface area contributed by atoms with Gasteiger partial charge in [-0.15, -0.1) is 20.5 Å². The van der Waals surface area contributed by atoms with Crippen LogP contribution in [0.1, 0.15) is 32.1 Å². The largest absolute Gasteiger partial charge is 3.00 e. The van der Waals surface area contributed by atoms with E-state index in [4.69, 9.17) is 0 Å². The number of aromatic nitrogens is 4. The van der Waals surface area contributed by atoms with Gasteiger partial charge in [0.25, 0.3) is 5.56 Å². The maximum absolute atomic E-state index is 12.5. The molecule has 0 atom stereocenters. The summed E-state index contributed by atoms with van der Waals surface area (Å²) < 4.78 is 2.59. The third kappa shape index (κ3) is 8.11. The van der Waals surface area contributed by atoms with Crippen LogP contribution in [0.2, 0.25) is 0 Å². The van der Waals surface area contributed by atoms with Crippen LogP contribution in [-0.4, -0.2) is 31.5 Å². The number of benzene rings is 4. The first-order chi connectivity index (χ1) is 23.2. The molecule has 4 aromatic carbocycles. The Morgan fingerprint density at radius 2 is 1.10 bits per heavy atom. The maximum atomic E-state index is 12.5. The van der Waals surface area contributed by atoms with E-state index in [0.717, 1.165) is 0 Å². The summed E-state index contributed by atoms with van der Waals surface area (Å²) in [5, 5.41) is 57.3. The SMILES string of the molecule is Cc1[nH]n(-c2ccccc2)c(=O)c1N=Nc1ccccc1C(=O)[O-].Cc1nn(-c2ccccc2)c([O-])c1N=Nc1ccccc1C(=O)[O-].[Cr+3]. The van der Waals surface area contributed by atoms with Gasteiger partial charge in [0, 0.05) is 17.0 Å². The standard InChI is InChI=1S/2C17H14N4O3.Cr/c2*1-11-15(16(22)21(20-11)12-7-3-2-4-8-12)19-18-14-10-6-5-9-13(14)17(23)24;/h2-10,22H,1H3,(H,23,24);2-10,20H,1H3,(H,23,24);/q;;+3/p-3. The molecule has 0 fully saturated rings. The molecule has 49 heavy (non-hydrogen) atoms. The van der Waals surface area contributed by atoms with E-state index < -0.39 is 17.8 Å². The molecule has 6 rings (SSSR count). The molecule has 0 unspecified atom stereocenters. The molecule has 0 aliphatic carbocycles. The number of carbonyl (C=O) groups excluding carboxylic acids is 2. The van der Waals surface area contributed by atoms with Gasteiger partial charge >= 0.3 is 17.4 Å². The minimum Gasteiger partial charge on any atom is -0.857 e. The van der Waals surface area contributed by atoms with Gasteiger partial charge in [-0.05, 0) is 50.2 Å². The normalized spacial score (nSPS) is 10.8. The molecule has 0 bridgehead atoms. The van der Waals surface area contributed by atoms with Crippen molar-refractivity contribution in [1.82, 2.24) is 19.6 Å². The zero-order valence-corrected chi connectivity index (χ0v) is 27.2. The van der Waals surface area contributed by atoms with Crippen molar-refractivity contribution in [3.8, 4) is 17.3 Å². The van der Waals surface area contributed by atoms with Crippen LogP contribution in [0.5, 0.6) is 5.88 Å². The smallest absolute Gasteiger partial charge is 0.857 e. The van der Waals surface area contributed by atoms with E-state index in [1.807, 2.05) is 24.3 Å². The molecule has 6 aromatic rings. The first-order valence-corrected chi connectivity index (χ1v) is 14.3. The van der Waals surface area contributed by atoms with Gasteiger partial charge in [0.1, 0.15) is 5.69 Å². The number of carboxylic acid groups (broad SMARTS) is 2. The number of hydrogen-bond acceptors (Lipinski definition) is 11. The monoisotopic (exact) mass is 693 g/mol. The summed E-state index contributed by atoms with van der Waals surface area (Å²) in [5.74, 6) is -3.13. The number of aromatic amines is 1. The summed E-state index contributed by atoms with van der Waals surface area (Å²) in [6.45, 7) is 3.33. The zero-order valence-electron chi connectivity index (χ0n) is 25.9. The van der Waals surface area contributed by atoms with Gasteiger partial charge in [-0.2, -0.15) is 5.10 Å². The Balaban J connectivity index is 0.000000216. The molecule has 0 saturated carbocycles. The molecule has 1 radical (unpaired) electrons. The van der Waals surface area contributed by atoms with Crippen molar-refractivity contribution in [2.24, 2.45) is 20.5 Å². The number of aromatic carboxylic acids is 2. The van der Waals surface area contributed by atoms with Gasteiger partial charge in [-0.3, -0.25) is 9.89 Å². The molecule has 2 heterocycles. The van der Waals surface area contributed by atoms with Crippen LogP contribution >= 0.6 is 0 Å². The predicted molar refractivity (Wildman–Crippen MR) is 169 cm³/mol. The molecule has 2 aromatic heterocycles. The Bertz CT molecular complexity index is 2210. The van der Waals surface area contributed by atoms with Gasteiger partial charge in [-0.25, -0.2) is 9.36 Å². The van der Waals surface area contributed by atoms with E-state index in [0.29, 0.717) is 22.8 Å². The molecule has 0 saturated heterocycles. The van der Waals surface area contributed by atoms with E-state index in [-0.39, 0.29) is 56.8 Å². The van der Waals surface area contributed by atoms with E-state index in [9.17, 15) is 29.7 Å². The Morgan fingerprint density at radius 1 is 0.653 bits per heavy atom. The van der Waals surface area contributed by atoms with Gasteiger partial charge in [0.15, 0.2) is 5.69 Å². The topological polar surface area (TPSA) is 208 Å². The van der Waals surface area contributed by atoms with E-state index >= 15 is 0 Å². The van der Waals surface area contributed by atoms with E-state index in [1.165, 1.54) is 33.6 Å². The Labute approximate surface area is 289 Å². The quantitative estimate of drug-likeness (QED) is 0.229. The van der Waals surface area contributed by atoms with Crippen molar-refractivity contribution in [2.75, 3.05) is 0 Å². The van der Waals surface area contributed by atoms with Gasteiger partial charge in [0.05, 0.1) is 46.1 Å². The summed E-state index contributed by atoms with van der Waals surface area (Å²) >= 11 is 0. The van der Waals surface area contributed by atoms with Crippen molar-refractivity contribution in [1.29, 1.82) is 0 Å². The average molecular weight is 694 g/mol. The predicted octanol–water partition coefficient (Wildman–Crippen LogP) is 4.28. The van der Waals surface area contributed by atoms with Crippen LogP contribution in [0.3, 0.4) is 0 Å². The number of carbonyl (C=O) groups is 2. The van der Waals surface area contributed by atoms with Gasteiger partial charge < -0.3 is 24.9 Å². The number of H-pyrrole nitrogens is 1. The van der Waals surface area contributed by atoms with Crippen LogP contribution in [0, 0.1) is 13.8 Å². The second-order valence-electron chi connectivity index (χ2n) is 10.1. The number of aryl methyl sites for hydroxylation is 2. The third-order valence-electron chi connectivity index (χ3n) is 6.81. The van der Waals surface area contributed by atoms with Gasteiger partial charge in [0.2, 0.25) is 0 Å². The molecule has 14 nitrogen and oxygen atoms in total. The summed E-state index contributed by atoms with van der Waals surface area (Å²) in [6.07, 6.45) is 0. The van der Waals surface area contributed by atoms with Crippen LogP contribution in [-0.2, 0) is 17.4 Å². The molecule has 0 spiro atoms. The van der Waals surface area contributed by atoms with Crippen molar-refractivity contribution in [3.63, 3.8) is 0 Å². The number of azo groups is 2. The fourth-order valence-corrected chi connectivity index (χ4v) is 4.45. The van der Waals surface area contributed by atoms with Crippen molar-refractivity contribution < 1.29 is 42.3 Å². The summed E-state index contributed by atoms with van der Waals surface area (Å²) in [4.78, 5) is 34.6. The summed E-state index contributed by atoms with van der Waals surface area (Å²) in [7, 11) is 0. The molecule has 15 heteroatoms. The Kier molecular flexibility index (Phi) is 11.5. The molecule has 0 aliphatic rings. The number of nitrogens with zero attached hydrogens (tertiary/aromatic N) is 7. The molecule has 1 N–H and O–H groups in total. The van der Waals surface area contributed by atoms with Crippen LogP contribution < -0.4 is 20.9 Å². The second kappa shape index (κ2) is 15.9. The van der Waals surface area contributed by atoms with Crippen LogP contribution in [0.25, 0.3) is 11.4 Å². The Morgan fingerprint density at radius 3 is 1.61 bits per heavy atom. The fourth-order valence-electron chi connectivity index (χ4n) is 4.45. The van der Waals surface area contributed by atoms with Crippen molar-refractivity contribution in [3.05, 3.63) is 142 Å². The number of hydrogen-bond donors (Lipinski definition) is 1. The molecule has 243 valence electrons. The third-order valence-corrected chi connectivity index (χ3v) is 6.81. The first kappa shape index (κ1) is 35.4. The number of carboxylic acids is 2. The van der Waals surface area contributed by atoms with Crippen molar-refractivity contribution >= 4 is 34.7 Å². The molecular formula is C34H25CrN8O6. The molecular weight excluding hydrogens is 668 g/mol. The zero-order chi connectivity index (χ0) is 34.2. The number of rotatable bonds is 8. The summed E-state index contributed by atoms with van der Waals surface area (Å²) in [6, 6.07) is 30.1. The summed E-state index contributed by atoms with van der Waals surface area (Å²) in [5.41, 5.74) is 2.08. The average Bonchev–Trinajstić information content (AvgIpc) is 3.55. The minimum atomic E-state index is -1.36. The molecule has 0 aliphatic heterocycles.